The van der Waals surface area contributed by atoms with Gasteiger partial charge in [0.15, 0.2) is 0 Å². The number of benzene rings is 1. The summed E-state index contributed by atoms with van der Waals surface area (Å²) in [5, 5.41) is 2.45. The van der Waals surface area contributed by atoms with E-state index in [4.69, 9.17) is 15.4 Å². The van der Waals surface area contributed by atoms with E-state index in [1.54, 1.807) is 0 Å². The molecule has 0 bridgehead atoms. The highest BCUT2D eigenvalue weighted by atomic mass is 35.7. The van der Waals surface area contributed by atoms with Gasteiger partial charge in [0.25, 0.3) is 15.0 Å². The zero-order chi connectivity index (χ0) is 16.2. The summed E-state index contributed by atoms with van der Waals surface area (Å²) in [6, 6.07) is 1.90. The Morgan fingerprint density at radius 2 is 2.05 bits per heavy atom. The van der Waals surface area contributed by atoms with Crippen molar-refractivity contribution in [3.05, 3.63) is 29.1 Å². The van der Waals surface area contributed by atoms with Gasteiger partial charge in [0.05, 0.1) is 23.2 Å². The van der Waals surface area contributed by atoms with E-state index in [9.17, 15) is 17.6 Å². The average Bonchev–Trinajstić information content (AvgIpc) is 2.32. The number of carbonyl (C=O) groups excluding carboxylic acids is 1. The van der Waals surface area contributed by atoms with Crippen molar-refractivity contribution in [3.8, 4) is 0 Å². The number of rotatable bonds is 6. The first-order valence-electron chi connectivity index (χ1n) is 6.27. The highest BCUT2D eigenvalue weighted by Gasteiger charge is 2.20. The molecule has 1 aromatic carbocycles. The molecule has 0 spiro atoms. The van der Waals surface area contributed by atoms with Gasteiger partial charge in [0.2, 0.25) is 0 Å². The third kappa shape index (κ3) is 5.26. The maximum Gasteiger partial charge on any atom is 0.261 e. The Balaban J connectivity index is 2.90. The summed E-state index contributed by atoms with van der Waals surface area (Å²) in [5.74, 6) is -1.53. The molecule has 8 heteroatoms. The minimum Gasteiger partial charge on any atom is -0.377 e. The number of ether oxygens (including phenoxy) is 1. The van der Waals surface area contributed by atoms with Crippen LogP contribution in [-0.2, 0) is 13.8 Å². The molecule has 0 atom stereocenters. The second-order valence-electron chi connectivity index (χ2n) is 4.71. The van der Waals surface area contributed by atoms with Crippen LogP contribution in [-0.4, -0.2) is 33.6 Å². The van der Waals surface area contributed by atoms with Crippen LogP contribution in [0, 0.1) is 12.7 Å². The number of halogens is 2. The zero-order valence-electron chi connectivity index (χ0n) is 11.9. The number of amides is 1. The standard InChI is InChI=1S/C13H17ClFNO4S/c1-8(2)20-5-4-16-13(17)10-7-12(21(14,18)19)9(3)6-11(10)15/h6-8H,4-5H2,1-3H3,(H,16,17). The van der Waals surface area contributed by atoms with Crippen molar-refractivity contribution < 1.29 is 22.3 Å². The minimum atomic E-state index is -4.04. The fourth-order valence-electron chi connectivity index (χ4n) is 1.64. The molecule has 0 aromatic heterocycles. The molecule has 1 rings (SSSR count). The Kier molecular flexibility index (Phi) is 6.12. The third-order valence-corrected chi connectivity index (χ3v) is 4.07. The van der Waals surface area contributed by atoms with E-state index in [0.29, 0.717) is 0 Å². The maximum absolute atomic E-state index is 13.8. The SMILES string of the molecule is Cc1cc(F)c(C(=O)NCCOC(C)C)cc1S(=O)(=O)Cl. The summed E-state index contributed by atoms with van der Waals surface area (Å²) in [6.07, 6.45) is 0.0195. The molecule has 21 heavy (non-hydrogen) atoms. The number of hydrogen-bond donors (Lipinski definition) is 1. The Hall–Kier alpha value is -1.18. The van der Waals surface area contributed by atoms with E-state index in [2.05, 4.69) is 5.32 Å². The van der Waals surface area contributed by atoms with Crippen molar-refractivity contribution in [1.82, 2.24) is 5.32 Å². The highest BCUT2D eigenvalue weighted by Crippen LogP contribution is 2.23. The normalized spacial score (nSPS) is 11.7. The van der Waals surface area contributed by atoms with Crippen LogP contribution in [0.5, 0.6) is 0 Å². The second-order valence-corrected chi connectivity index (χ2v) is 7.25. The molecule has 118 valence electrons. The number of nitrogens with one attached hydrogen (secondary N) is 1. The van der Waals surface area contributed by atoms with Crippen LogP contribution < -0.4 is 5.32 Å². The van der Waals surface area contributed by atoms with Crippen LogP contribution in [0.2, 0.25) is 0 Å². The van der Waals surface area contributed by atoms with Gasteiger partial charge in [-0.25, -0.2) is 12.8 Å². The van der Waals surface area contributed by atoms with Gasteiger partial charge in [-0.15, -0.1) is 0 Å². The first-order chi connectivity index (χ1) is 9.62. The molecular weight excluding hydrogens is 321 g/mol. The maximum atomic E-state index is 13.8. The number of carbonyl (C=O) groups is 1. The monoisotopic (exact) mass is 337 g/mol. The molecule has 0 saturated heterocycles. The van der Waals surface area contributed by atoms with Gasteiger partial charge >= 0.3 is 0 Å². The van der Waals surface area contributed by atoms with E-state index in [1.807, 2.05) is 13.8 Å². The number of aryl methyl sites for hydroxylation is 1. The lowest BCUT2D eigenvalue weighted by atomic mass is 10.1. The van der Waals surface area contributed by atoms with Gasteiger partial charge in [-0.2, -0.15) is 0 Å². The molecular formula is C13H17ClFNO4S. The molecule has 0 fully saturated rings. The van der Waals surface area contributed by atoms with Crippen molar-refractivity contribution >= 4 is 25.6 Å². The van der Waals surface area contributed by atoms with Gasteiger partial charge < -0.3 is 10.1 Å². The summed E-state index contributed by atoms with van der Waals surface area (Å²) in [7, 11) is 1.21. The lowest BCUT2D eigenvalue weighted by molar-refractivity contribution is 0.0745. The molecule has 1 amide bonds. The second kappa shape index (κ2) is 7.20. The van der Waals surface area contributed by atoms with Crippen molar-refractivity contribution in [2.45, 2.75) is 31.8 Å². The average molecular weight is 338 g/mol. The van der Waals surface area contributed by atoms with Crippen LogP contribution in [0.25, 0.3) is 0 Å². The van der Waals surface area contributed by atoms with Gasteiger partial charge in [-0.1, -0.05) is 0 Å². The van der Waals surface area contributed by atoms with Crippen LogP contribution >= 0.6 is 10.7 Å². The first-order valence-corrected chi connectivity index (χ1v) is 8.58. The minimum absolute atomic E-state index is 0.0195. The lowest BCUT2D eigenvalue weighted by Gasteiger charge is -2.10. The summed E-state index contributed by atoms with van der Waals surface area (Å²) in [5.41, 5.74) is -0.230. The molecule has 0 heterocycles. The molecule has 1 aromatic rings. The molecule has 0 radical (unpaired) electrons. The van der Waals surface area contributed by atoms with Crippen molar-refractivity contribution in [1.29, 1.82) is 0 Å². The first kappa shape index (κ1) is 17.9. The zero-order valence-corrected chi connectivity index (χ0v) is 13.5. The Labute approximate surface area is 127 Å². The van der Waals surface area contributed by atoms with Crippen LogP contribution in [0.1, 0.15) is 29.8 Å². The highest BCUT2D eigenvalue weighted by molar-refractivity contribution is 8.13. The largest absolute Gasteiger partial charge is 0.377 e. The summed E-state index contributed by atoms with van der Waals surface area (Å²) < 4.78 is 41.7. The van der Waals surface area contributed by atoms with Crippen LogP contribution in [0.4, 0.5) is 4.39 Å². The van der Waals surface area contributed by atoms with E-state index < -0.39 is 20.8 Å². The van der Waals surface area contributed by atoms with Crippen molar-refractivity contribution in [3.63, 3.8) is 0 Å². The van der Waals surface area contributed by atoms with Gasteiger partial charge in [-0.05, 0) is 38.5 Å². The fraction of sp³-hybridized carbons (Fsp3) is 0.462. The Morgan fingerprint density at radius 3 is 2.57 bits per heavy atom. The Bertz CT molecular complexity index is 631. The van der Waals surface area contributed by atoms with Gasteiger partial charge in [0.1, 0.15) is 5.82 Å². The van der Waals surface area contributed by atoms with Gasteiger partial charge in [-0.3, -0.25) is 4.79 Å². The van der Waals surface area contributed by atoms with Crippen molar-refractivity contribution in [2.75, 3.05) is 13.2 Å². The van der Waals surface area contributed by atoms with E-state index in [0.717, 1.165) is 12.1 Å². The summed E-state index contributed by atoms with van der Waals surface area (Å²) in [4.78, 5) is 11.6. The quantitative estimate of drug-likeness (QED) is 0.638. The Morgan fingerprint density at radius 1 is 1.43 bits per heavy atom. The predicted octanol–water partition coefficient (Wildman–Crippen LogP) is 2.22. The molecule has 0 aliphatic heterocycles. The van der Waals surface area contributed by atoms with E-state index in [1.165, 1.54) is 6.92 Å². The smallest absolute Gasteiger partial charge is 0.261 e. The van der Waals surface area contributed by atoms with E-state index in [-0.39, 0.29) is 35.3 Å². The van der Waals surface area contributed by atoms with Crippen LogP contribution in [0.15, 0.2) is 17.0 Å². The molecule has 0 aliphatic carbocycles. The third-order valence-electron chi connectivity index (χ3n) is 2.61. The van der Waals surface area contributed by atoms with Crippen LogP contribution in [0.3, 0.4) is 0 Å². The fourth-order valence-corrected chi connectivity index (χ4v) is 2.84. The molecule has 1 N–H and O–H groups in total. The molecule has 0 unspecified atom stereocenters. The van der Waals surface area contributed by atoms with E-state index >= 15 is 0 Å². The lowest BCUT2D eigenvalue weighted by Crippen LogP contribution is -2.29. The summed E-state index contributed by atoms with van der Waals surface area (Å²) >= 11 is 0. The predicted molar refractivity (Wildman–Crippen MR) is 77.6 cm³/mol. The summed E-state index contributed by atoms with van der Waals surface area (Å²) in [6.45, 7) is 5.56. The van der Waals surface area contributed by atoms with Gasteiger partial charge in [0, 0.05) is 17.2 Å². The number of hydrogen-bond acceptors (Lipinski definition) is 4. The molecule has 0 aliphatic rings. The van der Waals surface area contributed by atoms with Crippen molar-refractivity contribution in [2.24, 2.45) is 0 Å². The molecule has 5 nitrogen and oxygen atoms in total. The molecule has 0 saturated carbocycles. The topological polar surface area (TPSA) is 72.5 Å².